The van der Waals surface area contributed by atoms with E-state index in [0.717, 1.165) is 16.6 Å². The van der Waals surface area contributed by atoms with Crippen molar-refractivity contribution in [3.05, 3.63) is 33.8 Å². The highest BCUT2D eigenvalue weighted by Gasteiger charge is 2.14. The molecule has 1 aromatic carbocycles. The molecule has 0 aliphatic carbocycles. The molecule has 0 heterocycles. The SMILES string of the molecule is CCNC(CCS(C)(=O)=O)c1cc(C)cc(Br)c1. The first-order valence-corrected chi connectivity index (χ1v) is 8.85. The van der Waals surface area contributed by atoms with Gasteiger partial charge in [-0.1, -0.05) is 28.9 Å². The van der Waals surface area contributed by atoms with Gasteiger partial charge in [0.05, 0.1) is 5.75 Å². The maximum absolute atomic E-state index is 11.3. The summed E-state index contributed by atoms with van der Waals surface area (Å²) in [5.41, 5.74) is 2.30. The summed E-state index contributed by atoms with van der Waals surface area (Å²) in [4.78, 5) is 0. The number of hydrogen-bond acceptors (Lipinski definition) is 3. The highest BCUT2D eigenvalue weighted by Crippen LogP contribution is 2.23. The lowest BCUT2D eigenvalue weighted by atomic mass is 10.0. The van der Waals surface area contributed by atoms with Crippen LogP contribution < -0.4 is 5.32 Å². The smallest absolute Gasteiger partial charge is 0.147 e. The van der Waals surface area contributed by atoms with Crippen LogP contribution in [0.2, 0.25) is 0 Å². The Morgan fingerprint density at radius 1 is 1.33 bits per heavy atom. The van der Waals surface area contributed by atoms with Gasteiger partial charge in [-0.05, 0) is 43.1 Å². The van der Waals surface area contributed by atoms with E-state index in [1.54, 1.807) is 0 Å². The van der Waals surface area contributed by atoms with E-state index in [-0.39, 0.29) is 11.8 Å². The van der Waals surface area contributed by atoms with Crippen molar-refractivity contribution in [2.45, 2.75) is 26.3 Å². The van der Waals surface area contributed by atoms with Crippen molar-refractivity contribution in [3.63, 3.8) is 0 Å². The molecule has 0 amide bonds. The second-order valence-corrected chi connectivity index (χ2v) is 7.77. The molecule has 1 rings (SSSR count). The Hall–Kier alpha value is -0.390. The van der Waals surface area contributed by atoms with Crippen molar-refractivity contribution >= 4 is 25.8 Å². The van der Waals surface area contributed by atoms with E-state index in [0.29, 0.717) is 6.42 Å². The molecule has 3 nitrogen and oxygen atoms in total. The van der Waals surface area contributed by atoms with Crippen LogP contribution in [0.3, 0.4) is 0 Å². The topological polar surface area (TPSA) is 46.2 Å². The molecule has 0 spiro atoms. The minimum Gasteiger partial charge on any atom is -0.310 e. The Balaban J connectivity index is 2.89. The molecular weight excluding hydrogens is 314 g/mol. The molecule has 0 radical (unpaired) electrons. The normalized spacial score (nSPS) is 13.6. The Morgan fingerprint density at radius 2 is 2.00 bits per heavy atom. The zero-order valence-corrected chi connectivity index (χ0v) is 13.4. The van der Waals surface area contributed by atoms with Crippen molar-refractivity contribution < 1.29 is 8.42 Å². The first-order valence-electron chi connectivity index (χ1n) is 6.00. The van der Waals surface area contributed by atoms with Gasteiger partial charge in [-0.25, -0.2) is 8.42 Å². The van der Waals surface area contributed by atoms with Crippen molar-refractivity contribution in [2.24, 2.45) is 0 Å². The van der Waals surface area contributed by atoms with Crippen LogP contribution in [0.25, 0.3) is 0 Å². The molecule has 18 heavy (non-hydrogen) atoms. The summed E-state index contributed by atoms with van der Waals surface area (Å²) >= 11 is 3.48. The van der Waals surface area contributed by atoms with Gasteiger partial charge < -0.3 is 5.32 Å². The van der Waals surface area contributed by atoms with Gasteiger partial charge in [-0.15, -0.1) is 0 Å². The van der Waals surface area contributed by atoms with Crippen molar-refractivity contribution in [1.82, 2.24) is 5.32 Å². The summed E-state index contributed by atoms with van der Waals surface area (Å²) in [5.74, 6) is 0.205. The third-order valence-corrected chi connectivity index (χ3v) is 4.13. The van der Waals surface area contributed by atoms with E-state index in [2.05, 4.69) is 27.3 Å². The molecular formula is C13H20BrNO2S. The number of aryl methyl sites for hydroxylation is 1. The molecule has 0 aliphatic rings. The van der Waals surface area contributed by atoms with E-state index in [4.69, 9.17) is 0 Å². The van der Waals surface area contributed by atoms with Crippen molar-refractivity contribution in [3.8, 4) is 0 Å². The molecule has 0 saturated heterocycles. The summed E-state index contributed by atoms with van der Waals surface area (Å²) in [5, 5.41) is 3.34. The van der Waals surface area contributed by atoms with Crippen molar-refractivity contribution in [1.29, 1.82) is 0 Å². The van der Waals surface area contributed by atoms with Crippen LogP contribution >= 0.6 is 15.9 Å². The fraction of sp³-hybridized carbons (Fsp3) is 0.538. The average molecular weight is 334 g/mol. The largest absolute Gasteiger partial charge is 0.310 e. The summed E-state index contributed by atoms with van der Waals surface area (Å²) in [6.45, 7) is 4.88. The van der Waals surface area contributed by atoms with Crippen LogP contribution in [0, 0.1) is 6.92 Å². The van der Waals surface area contributed by atoms with Crippen LogP contribution in [0.15, 0.2) is 22.7 Å². The zero-order chi connectivity index (χ0) is 13.8. The third kappa shape index (κ3) is 5.50. The number of benzene rings is 1. The Kier molecular flexibility index (Phi) is 5.82. The van der Waals surface area contributed by atoms with E-state index in [1.807, 2.05) is 26.0 Å². The average Bonchev–Trinajstić information content (AvgIpc) is 2.21. The maximum atomic E-state index is 11.3. The number of hydrogen-bond donors (Lipinski definition) is 1. The van der Waals surface area contributed by atoms with Gasteiger partial charge in [-0.3, -0.25) is 0 Å². The predicted molar refractivity (Wildman–Crippen MR) is 79.6 cm³/mol. The monoisotopic (exact) mass is 333 g/mol. The first-order chi connectivity index (χ1) is 8.31. The summed E-state index contributed by atoms with van der Waals surface area (Å²) in [6, 6.07) is 6.27. The summed E-state index contributed by atoms with van der Waals surface area (Å²) < 4.78 is 23.6. The molecule has 0 saturated carbocycles. The van der Waals surface area contributed by atoms with Gasteiger partial charge in [-0.2, -0.15) is 0 Å². The minimum atomic E-state index is -2.92. The third-order valence-electron chi connectivity index (χ3n) is 2.69. The Bertz CT molecular complexity index is 479. The predicted octanol–water partition coefficient (Wildman–Crippen LogP) is 2.84. The molecule has 0 bridgehead atoms. The van der Waals surface area contributed by atoms with Gasteiger partial charge in [0.25, 0.3) is 0 Å². The van der Waals surface area contributed by atoms with Gasteiger partial charge in [0.1, 0.15) is 9.84 Å². The van der Waals surface area contributed by atoms with E-state index in [9.17, 15) is 8.42 Å². The van der Waals surface area contributed by atoms with Crippen LogP contribution in [-0.4, -0.2) is 27.0 Å². The first kappa shape index (κ1) is 15.7. The number of nitrogens with one attached hydrogen (secondary N) is 1. The van der Waals surface area contributed by atoms with E-state index in [1.165, 1.54) is 11.8 Å². The lowest BCUT2D eigenvalue weighted by molar-refractivity contribution is 0.529. The van der Waals surface area contributed by atoms with Crippen molar-refractivity contribution in [2.75, 3.05) is 18.6 Å². The molecule has 1 aromatic rings. The zero-order valence-electron chi connectivity index (χ0n) is 11.0. The van der Waals surface area contributed by atoms with Crippen LogP contribution in [0.4, 0.5) is 0 Å². The molecule has 1 unspecified atom stereocenters. The number of halogens is 1. The number of sulfone groups is 1. The van der Waals surface area contributed by atoms with Crippen LogP contribution in [0.1, 0.15) is 30.5 Å². The van der Waals surface area contributed by atoms with Gasteiger partial charge >= 0.3 is 0 Å². The molecule has 5 heteroatoms. The molecule has 0 fully saturated rings. The van der Waals surface area contributed by atoms with Gasteiger partial charge in [0.15, 0.2) is 0 Å². The quantitative estimate of drug-likeness (QED) is 0.870. The second-order valence-electron chi connectivity index (χ2n) is 4.59. The fourth-order valence-electron chi connectivity index (χ4n) is 1.93. The maximum Gasteiger partial charge on any atom is 0.147 e. The van der Waals surface area contributed by atoms with E-state index >= 15 is 0 Å². The van der Waals surface area contributed by atoms with Gasteiger partial charge in [0, 0.05) is 16.8 Å². The minimum absolute atomic E-state index is 0.0842. The number of rotatable bonds is 6. The summed E-state index contributed by atoms with van der Waals surface area (Å²) in [6.07, 6.45) is 1.88. The molecule has 1 atom stereocenters. The fourth-order valence-corrected chi connectivity index (χ4v) is 3.22. The lowest BCUT2D eigenvalue weighted by Gasteiger charge is -2.19. The highest BCUT2D eigenvalue weighted by atomic mass is 79.9. The summed E-state index contributed by atoms with van der Waals surface area (Å²) in [7, 11) is -2.92. The Labute approximate surface area is 118 Å². The molecule has 102 valence electrons. The molecule has 0 aliphatic heterocycles. The van der Waals surface area contributed by atoms with Crippen LogP contribution in [-0.2, 0) is 9.84 Å². The lowest BCUT2D eigenvalue weighted by Crippen LogP contribution is -2.23. The highest BCUT2D eigenvalue weighted by molar-refractivity contribution is 9.10. The second kappa shape index (κ2) is 6.68. The Morgan fingerprint density at radius 3 is 2.50 bits per heavy atom. The molecule has 1 N–H and O–H groups in total. The van der Waals surface area contributed by atoms with Crippen LogP contribution in [0.5, 0.6) is 0 Å². The standard InChI is InChI=1S/C13H20BrNO2S/c1-4-15-13(5-6-18(3,16)17)11-7-10(2)8-12(14)9-11/h7-9,13,15H,4-6H2,1-3H3. The molecule has 0 aromatic heterocycles. The van der Waals surface area contributed by atoms with E-state index < -0.39 is 9.84 Å². The van der Waals surface area contributed by atoms with Gasteiger partial charge in [0.2, 0.25) is 0 Å².